The predicted molar refractivity (Wildman–Crippen MR) is 95.3 cm³/mol. The topological polar surface area (TPSA) is 52.2 Å². The predicted octanol–water partition coefficient (Wildman–Crippen LogP) is 4.28. The van der Waals surface area contributed by atoms with Gasteiger partial charge in [0.25, 0.3) is 0 Å². The van der Waals surface area contributed by atoms with Crippen LogP contribution in [0.25, 0.3) is 11.0 Å². The average molecular weight is 340 g/mol. The lowest BCUT2D eigenvalue weighted by atomic mass is 9.95. The summed E-state index contributed by atoms with van der Waals surface area (Å²) in [5, 5.41) is 2.09. The molecule has 1 saturated carbocycles. The molecule has 1 aliphatic carbocycles. The van der Waals surface area contributed by atoms with Gasteiger partial charge in [0.15, 0.2) is 4.80 Å². The summed E-state index contributed by atoms with van der Waals surface area (Å²) >= 11 is 1.55. The lowest BCUT2D eigenvalue weighted by molar-refractivity contribution is 0.250. The second kappa shape index (κ2) is 6.36. The first-order valence-electron chi connectivity index (χ1n) is 8.42. The van der Waals surface area contributed by atoms with E-state index < -0.39 is 0 Å². The molecule has 0 spiro atoms. The fourth-order valence-electron chi connectivity index (χ4n) is 3.54. The Kier molecular flexibility index (Phi) is 4.06. The third kappa shape index (κ3) is 2.71. The number of carbonyl (C=O) groups is 1. The van der Waals surface area contributed by atoms with Crippen LogP contribution in [0, 0.1) is 6.92 Å². The zero-order valence-electron chi connectivity index (χ0n) is 13.7. The van der Waals surface area contributed by atoms with Gasteiger partial charge in [-0.3, -0.25) is 9.55 Å². The zero-order valence-corrected chi connectivity index (χ0v) is 14.5. The van der Waals surface area contributed by atoms with E-state index in [9.17, 15) is 4.79 Å². The maximum Gasteiger partial charge on any atom is 0.354 e. The minimum atomic E-state index is -0.260. The quantitative estimate of drug-likeness (QED) is 0.664. The van der Waals surface area contributed by atoms with Crippen LogP contribution >= 0.6 is 11.3 Å². The van der Waals surface area contributed by atoms with Crippen molar-refractivity contribution in [3.05, 3.63) is 46.5 Å². The van der Waals surface area contributed by atoms with E-state index in [2.05, 4.69) is 26.8 Å². The second-order valence-electron chi connectivity index (χ2n) is 6.31. The Labute approximate surface area is 144 Å². The second-order valence-corrected chi connectivity index (χ2v) is 7.15. The van der Waals surface area contributed by atoms with E-state index in [0.717, 1.165) is 15.8 Å². The van der Waals surface area contributed by atoms with Gasteiger partial charge in [-0.05, 0) is 38.0 Å². The summed E-state index contributed by atoms with van der Waals surface area (Å²) in [6.45, 7) is 2.10. The van der Waals surface area contributed by atoms with Crippen molar-refractivity contribution in [2.75, 3.05) is 0 Å². The van der Waals surface area contributed by atoms with Crippen LogP contribution in [-0.4, -0.2) is 20.1 Å². The monoisotopic (exact) mass is 340 g/mol. The summed E-state index contributed by atoms with van der Waals surface area (Å²) < 4.78 is 3.83. The van der Waals surface area contributed by atoms with Gasteiger partial charge in [0.1, 0.15) is 0 Å². The molecule has 1 amide bonds. The molecule has 0 bridgehead atoms. The van der Waals surface area contributed by atoms with Gasteiger partial charge >= 0.3 is 6.03 Å². The van der Waals surface area contributed by atoms with Gasteiger partial charge in [-0.1, -0.05) is 19.3 Å². The minimum Gasteiger partial charge on any atom is -0.318 e. The standard InChI is InChI=1S/C18H20N4OS/c1-13-12-24-18(22(13)14-6-3-2-4-7-14)20-17(23)21-11-9-15-16(21)8-5-10-19-15/h5,8-12,14H,2-4,6-7H2,1H3/b20-18-. The highest BCUT2D eigenvalue weighted by molar-refractivity contribution is 7.07. The van der Waals surface area contributed by atoms with Gasteiger partial charge in [-0.25, -0.2) is 4.79 Å². The number of aryl methyl sites for hydroxylation is 1. The van der Waals surface area contributed by atoms with Crippen molar-refractivity contribution in [3.8, 4) is 0 Å². The number of pyridine rings is 1. The van der Waals surface area contributed by atoms with Crippen LogP contribution < -0.4 is 4.80 Å². The number of rotatable bonds is 1. The van der Waals surface area contributed by atoms with Gasteiger partial charge in [0, 0.05) is 29.5 Å². The normalized spacial score (nSPS) is 16.8. The number of carbonyl (C=O) groups excluding carboxylic acids is 1. The van der Waals surface area contributed by atoms with Gasteiger partial charge in [0.2, 0.25) is 0 Å². The van der Waals surface area contributed by atoms with E-state index in [-0.39, 0.29) is 6.03 Å². The molecule has 6 heteroatoms. The Morgan fingerprint density at radius 1 is 1.29 bits per heavy atom. The molecule has 1 fully saturated rings. The number of aromatic nitrogens is 3. The van der Waals surface area contributed by atoms with Crippen LogP contribution in [0.1, 0.15) is 43.8 Å². The maximum atomic E-state index is 12.7. The minimum absolute atomic E-state index is 0.260. The Morgan fingerprint density at radius 2 is 2.12 bits per heavy atom. The molecule has 0 radical (unpaired) electrons. The smallest absolute Gasteiger partial charge is 0.318 e. The van der Waals surface area contributed by atoms with Crippen molar-refractivity contribution in [1.82, 2.24) is 14.1 Å². The number of hydrogen-bond donors (Lipinski definition) is 0. The van der Waals surface area contributed by atoms with Crippen molar-refractivity contribution in [2.45, 2.75) is 45.1 Å². The first-order chi connectivity index (χ1) is 11.7. The summed E-state index contributed by atoms with van der Waals surface area (Å²) in [6.07, 6.45) is 9.66. The SMILES string of the molecule is Cc1cs/c(=N\C(=O)n2ccc3ncccc32)n1C1CCCCC1. The Morgan fingerprint density at radius 3 is 2.96 bits per heavy atom. The Balaban J connectivity index is 1.74. The van der Waals surface area contributed by atoms with Gasteiger partial charge in [-0.2, -0.15) is 4.99 Å². The molecule has 0 N–H and O–H groups in total. The molecule has 3 aromatic rings. The van der Waals surface area contributed by atoms with E-state index in [1.807, 2.05) is 18.2 Å². The number of thiazole rings is 1. The number of fused-ring (bicyclic) bond motifs is 1. The van der Waals surface area contributed by atoms with Gasteiger partial charge in [-0.15, -0.1) is 11.3 Å². The third-order valence-corrected chi connectivity index (χ3v) is 5.67. The van der Waals surface area contributed by atoms with Gasteiger partial charge < -0.3 is 4.57 Å². The molecule has 0 aliphatic heterocycles. The molecule has 1 aliphatic rings. The molecule has 4 rings (SSSR count). The zero-order chi connectivity index (χ0) is 16.5. The maximum absolute atomic E-state index is 12.7. The number of hydrogen-bond acceptors (Lipinski definition) is 3. The third-order valence-electron chi connectivity index (χ3n) is 4.72. The molecule has 0 unspecified atom stereocenters. The average Bonchev–Trinajstić information content (AvgIpc) is 3.19. The van der Waals surface area contributed by atoms with Gasteiger partial charge in [0.05, 0.1) is 11.0 Å². The Bertz CT molecular complexity index is 943. The van der Waals surface area contributed by atoms with Crippen molar-refractivity contribution < 1.29 is 4.79 Å². The molecule has 0 saturated heterocycles. The lowest BCUT2D eigenvalue weighted by Gasteiger charge is -2.24. The van der Waals surface area contributed by atoms with Crippen LogP contribution in [0.4, 0.5) is 4.79 Å². The Hall–Kier alpha value is -2.21. The molecule has 3 heterocycles. The van der Waals surface area contributed by atoms with Crippen LogP contribution in [0.15, 0.2) is 41.0 Å². The van der Waals surface area contributed by atoms with Crippen molar-refractivity contribution in [1.29, 1.82) is 0 Å². The van der Waals surface area contributed by atoms with Crippen LogP contribution in [-0.2, 0) is 0 Å². The molecule has 0 atom stereocenters. The fourth-order valence-corrected chi connectivity index (χ4v) is 4.46. The molecular weight excluding hydrogens is 320 g/mol. The van der Waals surface area contributed by atoms with E-state index >= 15 is 0 Å². The summed E-state index contributed by atoms with van der Waals surface area (Å²) in [7, 11) is 0. The van der Waals surface area contributed by atoms with E-state index in [4.69, 9.17) is 0 Å². The van der Waals surface area contributed by atoms with E-state index in [1.165, 1.54) is 37.8 Å². The summed E-state index contributed by atoms with van der Waals surface area (Å²) in [4.78, 5) is 22.2. The van der Waals surface area contributed by atoms with E-state index in [0.29, 0.717) is 6.04 Å². The molecule has 24 heavy (non-hydrogen) atoms. The van der Waals surface area contributed by atoms with Crippen LogP contribution in [0.3, 0.4) is 0 Å². The van der Waals surface area contributed by atoms with Crippen LogP contribution in [0.2, 0.25) is 0 Å². The highest BCUT2D eigenvalue weighted by atomic mass is 32.1. The number of nitrogens with zero attached hydrogens (tertiary/aromatic N) is 4. The molecule has 5 nitrogen and oxygen atoms in total. The summed E-state index contributed by atoms with van der Waals surface area (Å²) in [5.41, 5.74) is 2.80. The summed E-state index contributed by atoms with van der Waals surface area (Å²) in [6, 6.07) is 5.79. The van der Waals surface area contributed by atoms with Crippen molar-refractivity contribution >= 4 is 28.4 Å². The summed E-state index contributed by atoms with van der Waals surface area (Å²) in [5.74, 6) is 0. The first kappa shape index (κ1) is 15.3. The lowest BCUT2D eigenvalue weighted by Crippen LogP contribution is -2.25. The van der Waals surface area contributed by atoms with Crippen molar-refractivity contribution in [3.63, 3.8) is 0 Å². The highest BCUT2D eigenvalue weighted by Crippen LogP contribution is 2.28. The molecular formula is C18H20N4OS. The van der Waals surface area contributed by atoms with Crippen molar-refractivity contribution in [2.24, 2.45) is 4.99 Å². The largest absolute Gasteiger partial charge is 0.354 e. The highest BCUT2D eigenvalue weighted by Gasteiger charge is 2.18. The molecule has 3 aromatic heterocycles. The molecule has 124 valence electrons. The number of amides is 1. The first-order valence-corrected chi connectivity index (χ1v) is 9.30. The fraction of sp³-hybridized carbons (Fsp3) is 0.389. The van der Waals surface area contributed by atoms with Crippen LogP contribution in [0.5, 0.6) is 0 Å². The van der Waals surface area contributed by atoms with E-state index in [1.54, 1.807) is 28.3 Å². The molecule has 0 aromatic carbocycles.